The van der Waals surface area contributed by atoms with Crippen LogP contribution in [0.3, 0.4) is 0 Å². The fourth-order valence-electron chi connectivity index (χ4n) is 2.75. The van der Waals surface area contributed by atoms with Crippen molar-refractivity contribution in [3.8, 4) is 0 Å². The van der Waals surface area contributed by atoms with Gasteiger partial charge in [0.2, 0.25) is 0 Å². The normalized spacial score (nSPS) is 11.8. The van der Waals surface area contributed by atoms with Crippen molar-refractivity contribution in [3.05, 3.63) is 82.9 Å². The third-order valence-electron chi connectivity index (χ3n) is 4.29. The molecule has 132 valence electrons. The van der Waals surface area contributed by atoms with Crippen LogP contribution in [-0.2, 0) is 6.42 Å². The molecular weight excluding hydrogens is 328 g/mol. The van der Waals surface area contributed by atoms with Crippen LogP contribution >= 0.6 is 0 Å². The second-order valence-corrected chi connectivity index (χ2v) is 6.08. The molecule has 2 heterocycles. The van der Waals surface area contributed by atoms with E-state index in [1.807, 2.05) is 37.3 Å². The number of H-pyrrole nitrogens is 1. The third-order valence-corrected chi connectivity index (χ3v) is 4.29. The van der Waals surface area contributed by atoms with Gasteiger partial charge >= 0.3 is 0 Å². The van der Waals surface area contributed by atoms with E-state index in [0.29, 0.717) is 11.3 Å². The lowest BCUT2D eigenvalue weighted by atomic mass is 9.94. The monoisotopic (exact) mass is 348 g/mol. The Morgan fingerprint density at radius 1 is 1.19 bits per heavy atom. The van der Waals surface area contributed by atoms with Gasteiger partial charge in [0.1, 0.15) is 5.69 Å². The fraction of sp³-hybridized carbons (Fsp3) is 0.200. The Hall–Kier alpha value is -3.28. The van der Waals surface area contributed by atoms with Gasteiger partial charge in [-0.25, -0.2) is 4.98 Å². The summed E-state index contributed by atoms with van der Waals surface area (Å²) >= 11 is 0. The van der Waals surface area contributed by atoms with E-state index in [1.54, 1.807) is 31.6 Å². The predicted octanol–water partition coefficient (Wildman–Crippen LogP) is 2.74. The maximum atomic E-state index is 12.7. The van der Waals surface area contributed by atoms with Crippen LogP contribution in [0.1, 0.15) is 50.5 Å². The van der Waals surface area contributed by atoms with Crippen LogP contribution in [0.5, 0.6) is 0 Å². The summed E-state index contributed by atoms with van der Waals surface area (Å²) in [5, 5.41) is 9.13. The van der Waals surface area contributed by atoms with Gasteiger partial charge in [0.25, 0.3) is 5.91 Å². The number of nitrogens with zero attached hydrogens (tertiary/aromatic N) is 2. The van der Waals surface area contributed by atoms with E-state index in [0.717, 1.165) is 11.1 Å². The van der Waals surface area contributed by atoms with Crippen molar-refractivity contribution in [2.45, 2.75) is 19.3 Å². The van der Waals surface area contributed by atoms with Gasteiger partial charge in [-0.1, -0.05) is 37.3 Å². The summed E-state index contributed by atoms with van der Waals surface area (Å²) in [6.45, 7) is 2.01. The molecule has 3 rings (SSSR count). The molecule has 2 N–H and O–H groups in total. The van der Waals surface area contributed by atoms with Gasteiger partial charge in [-0.15, -0.1) is 0 Å². The summed E-state index contributed by atoms with van der Waals surface area (Å²) < 4.78 is 0. The maximum Gasteiger partial charge on any atom is 0.269 e. The fourth-order valence-corrected chi connectivity index (χ4v) is 2.75. The van der Waals surface area contributed by atoms with E-state index >= 15 is 0 Å². The average molecular weight is 348 g/mol. The van der Waals surface area contributed by atoms with Crippen LogP contribution in [0.25, 0.3) is 0 Å². The first kappa shape index (κ1) is 17.5. The second kappa shape index (κ2) is 7.74. The predicted molar refractivity (Wildman–Crippen MR) is 98.2 cm³/mol. The van der Waals surface area contributed by atoms with E-state index in [9.17, 15) is 9.59 Å². The molecule has 1 amide bonds. The number of ketones is 1. The minimum Gasteiger partial charge on any atom is -0.354 e. The molecular formula is C20H20N4O2. The summed E-state index contributed by atoms with van der Waals surface area (Å²) in [5.74, 6) is -0.439. The highest BCUT2D eigenvalue weighted by atomic mass is 16.1. The highest BCUT2D eigenvalue weighted by molar-refractivity contribution is 6.00. The number of rotatable bonds is 6. The molecule has 26 heavy (non-hydrogen) atoms. The first-order chi connectivity index (χ1) is 12.6. The number of benzene rings is 1. The van der Waals surface area contributed by atoms with Crippen LogP contribution in [0.15, 0.2) is 54.9 Å². The molecule has 3 aromatic rings. The number of pyridine rings is 1. The lowest BCUT2D eigenvalue weighted by molar-refractivity contribution is 0.0958. The van der Waals surface area contributed by atoms with Crippen molar-refractivity contribution in [3.63, 3.8) is 0 Å². The average Bonchev–Trinajstić information content (AvgIpc) is 3.20. The van der Waals surface area contributed by atoms with Crippen molar-refractivity contribution in [2.75, 3.05) is 7.05 Å². The van der Waals surface area contributed by atoms with Crippen LogP contribution in [0.4, 0.5) is 0 Å². The van der Waals surface area contributed by atoms with E-state index in [4.69, 9.17) is 0 Å². The number of carbonyl (C=O) groups is 2. The zero-order valence-electron chi connectivity index (χ0n) is 14.7. The van der Waals surface area contributed by atoms with Crippen molar-refractivity contribution in [1.82, 2.24) is 20.5 Å². The zero-order chi connectivity index (χ0) is 18.5. The maximum absolute atomic E-state index is 12.7. The largest absolute Gasteiger partial charge is 0.354 e. The van der Waals surface area contributed by atoms with E-state index in [-0.39, 0.29) is 29.7 Å². The lowest BCUT2D eigenvalue weighted by Crippen LogP contribution is -2.21. The first-order valence-electron chi connectivity index (χ1n) is 8.38. The number of hydrogen-bond acceptors (Lipinski definition) is 4. The minimum absolute atomic E-state index is 0.0405. The summed E-state index contributed by atoms with van der Waals surface area (Å²) in [6.07, 6.45) is 3.52. The number of amides is 1. The van der Waals surface area contributed by atoms with E-state index in [1.165, 1.54) is 0 Å². The number of nitrogens with one attached hydrogen (secondary N) is 2. The van der Waals surface area contributed by atoms with Crippen LogP contribution in [-0.4, -0.2) is 33.9 Å². The Morgan fingerprint density at radius 3 is 2.62 bits per heavy atom. The molecule has 2 aromatic heterocycles. The Balaban J connectivity index is 1.98. The van der Waals surface area contributed by atoms with Crippen molar-refractivity contribution < 1.29 is 9.59 Å². The van der Waals surface area contributed by atoms with Gasteiger partial charge in [0.05, 0.1) is 6.20 Å². The molecule has 0 aliphatic heterocycles. The van der Waals surface area contributed by atoms with Gasteiger partial charge in [-0.05, 0) is 23.3 Å². The Bertz CT molecular complexity index is 905. The third kappa shape index (κ3) is 3.85. The molecule has 1 atom stereocenters. The molecule has 0 saturated heterocycles. The number of aromatic amines is 1. The van der Waals surface area contributed by atoms with Gasteiger partial charge in [0.15, 0.2) is 5.78 Å². The smallest absolute Gasteiger partial charge is 0.269 e. The van der Waals surface area contributed by atoms with Gasteiger partial charge < -0.3 is 5.32 Å². The number of Topliss-reactive ketones (excluding diaryl/α,β-unsaturated/α-hetero) is 1. The summed E-state index contributed by atoms with van der Waals surface area (Å²) in [5.41, 5.74) is 3.27. The molecule has 6 heteroatoms. The summed E-state index contributed by atoms with van der Waals surface area (Å²) in [4.78, 5) is 29.3. The van der Waals surface area contributed by atoms with Crippen molar-refractivity contribution in [2.24, 2.45) is 0 Å². The second-order valence-electron chi connectivity index (χ2n) is 6.08. The molecule has 0 aliphatic rings. The summed E-state index contributed by atoms with van der Waals surface area (Å²) in [6, 6.07) is 13.2. The zero-order valence-corrected chi connectivity index (χ0v) is 14.7. The molecule has 0 spiro atoms. The van der Waals surface area contributed by atoms with Crippen molar-refractivity contribution >= 4 is 11.7 Å². The Morgan fingerprint density at radius 2 is 1.96 bits per heavy atom. The molecule has 0 saturated carbocycles. The highest BCUT2D eigenvalue weighted by Gasteiger charge is 2.18. The van der Waals surface area contributed by atoms with E-state index in [2.05, 4.69) is 20.5 Å². The molecule has 0 radical (unpaired) electrons. The van der Waals surface area contributed by atoms with Gasteiger partial charge in [-0.3, -0.25) is 14.7 Å². The molecule has 0 unspecified atom stereocenters. The van der Waals surface area contributed by atoms with Crippen LogP contribution in [0, 0.1) is 0 Å². The van der Waals surface area contributed by atoms with Crippen LogP contribution in [0.2, 0.25) is 0 Å². The van der Waals surface area contributed by atoms with Crippen LogP contribution < -0.4 is 5.32 Å². The van der Waals surface area contributed by atoms with Crippen molar-refractivity contribution in [1.29, 1.82) is 0 Å². The molecule has 6 nitrogen and oxygen atoms in total. The number of aromatic nitrogens is 3. The number of hydrogen-bond donors (Lipinski definition) is 2. The quantitative estimate of drug-likeness (QED) is 0.671. The SMILES string of the molecule is CNC(=O)c1cc(C(=O)Cc2cn[nH]c2)cc([C@@H](C)c2ccccc2)n1. The molecule has 1 aromatic carbocycles. The van der Waals surface area contributed by atoms with Gasteiger partial charge in [0, 0.05) is 36.8 Å². The molecule has 0 bridgehead atoms. The van der Waals surface area contributed by atoms with Gasteiger partial charge in [-0.2, -0.15) is 5.10 Å². The molecule has 0 fully saturated rings. The lowest BCUT2D eigenvalue weighted by Gasteiger charge is -2.14. The standard InChI is InChI=1S/C20H20N4O2/c1-13(15-6-4-3-5-7-15)17-9-16(10-18(24-17)20(26)21-2)19(25)8-14-11-22-23-12-14/h3-7,9-13H,8H2,1-2H3,(H,21,26)(H,22,23)/t13-/m0/s1. The Kier molecular flexibility index (Phi) is 5.22. The first-order valence-corrected chi connectivity index (χ1v) is 8.38. The number of carbonyl (C=O) groups excluding carboxylic acids is 2. The summed E-state index contributed by atoms with van der Waals surface area (Å²) in [7, 11) is 1.55. The molecule has 0 aliphatic carbocycles. The van der Waals surface area contributed by atoms with E-state index < -0.39 is 0 Å². The Labute approximate surface area is 151 Å². The highest BCUT2D eigenvalue weighted by Crippen LogP contribution is 2.24. The topological polar surface area (TPSA) is 87.7 Å². The minimum atomic E-state index is -0.315.